The van der Waals surface area contributed by atoms with Gasteiger partial charge in [-0.2, -0.15) is 17.5 Å². The second kappa shape index (κ2) is 12.3. The first-order valence-corrected chi connectivity index (χ1v) is 16.5. The molecule has 44 heavy (non-hydrogen) atoms. The molecule has 0 aromatic heterocycles. The molecule has 0 unspecified atom stereocenters. The Morgan fingerprint density at radius 2 is 1.68 bits per heavy atom. The highest BCUT2D eigenvalue weighted by molar-refractivity contribution is 7.92. The van der Waals surface area contributed by atoms with E-state index in [2.05, 4.69) is 10.6 Å². The smallest absolute Gasteiger partial charge is 0.329 e. The summed E-state index contributed by atoms with van der Waals surface area (Å²) in [7, 11) is -3.79. The van der Waals surface area contributed by atoms with Gasteiger partial charge in [0.1, 0.15) is 11.4 Å². The second-order valence-electron chi connectivity index (χ2n) is 12.4. The van der Waals surface area contributed by atoms with E-state index in [-0.39, 0.29) is 69.1 Å². The van der Waals surface area contributed by atoms with Gasteiger partial charge in [0.25, 0.3) is 5.91 Å². The summed E-state index contributed by atoms with van der Waals surface area (Å²) < 4.78 is 65.6. The van der Waals surface area contributed by atoms with E-state index in [9.17, 15) is 36.0 Å². The van der Waals surface area contributed by atoms with Gasteiger partial charge in [0.05, 0.1) is 13.1 Å². The maximum Gasteiger partial charge on any atom is 0.389 e. The van der Waals surface area contributed by atoms with Gasteiger partial charge in [-0.3, -0.25) is 19.5 Å². The van der Waals surface area contributed by atoms with Crippen LogP contribution in [0, 0.1) is 25.7 Å². The monoisotopic (exact) mass is 637 g/mol. The van der Waals surface area contributed by atoms with E-state index in [0.717, 1.165) is 32.6 Å². The van der Waals surface area contributed by atoms with Crippen molar-refractivity contribution in [1.82, 2.24) is 19.8 Å². The fraction of sp³-hybridized carbons (Fsp3) is 0.600. The SMILES string of the molecule is Cc1cc(CN2C(=O)CNC2=O)cc(C)c1C=CS(=O)(=O)N1CCC2(CC1)N=C(C1CCC(CCC(F)(F)F)CC1)NC2=O. The number of amides is 4. The summed E-state index contributed by atoms with van der Waals surface area (Å²) in [5.74, 6) is 0.0702. The van der Waals surface area contributed by atoms with Gasteiger partial charge >= 0.3 is 12.2 Å². The predicted octanol–water partition coefficient (Wildman–Crippen LogP) is 4.17. The molecule has 10 nitrogen and oxygen atoms in total. The van der Waals surface area contributed by atoms with Crippen molar-refractivity contribution in [3.05, 3.63) is 39.8 Å². The fourth-order valence-corrected chi connectivity index (χ4v) is 7.91. The maximum absolute atomic E-state index is 13.2. The highest BCUT2D eigenvalue weighted by Crippen LogP contribution is 2.38. The maximum atomic E-state index is 13.2. The molecule has 3 aliphatic heterocycles. The summed E-state index contributed by atoms with van der Waals surface area (Å²) in [4.78, 5) is 42.8. The first-order valence-electron chi connectivity index (χ1n) is 15.0. The third kappa shape index (κ3) is 7.01. The largest absolute Gasteiger partial charge is 0.389 e. The van der Waals surface area contributed by atoms with Crippen LogP contribution in [0.25, 0.3) is 6.08 Å². The molecular weight excluding hydrogens is 599 g/mol. The van der Waals surface area contributed by atoms with Gasteiger partial charge in [0.15, 0.2) is 0 Å². The lowest BCUT2D eigenvalue weighted by Crippen LogP contribution is -2.50. The van der Waals surface area contributed by atoms with Gasteiger partial charge in [0, 0.05) is 30.8 Å². The van der Waals surface area contributed by atoms with Crippen LogP contribution in [0.1, 0.15) is 73.6 Å². The van der Waals surface area contributed by atoms with Gasteiger partial charge < -0.3 is 10.6 Å². The van der Waals surface area contributed by atoms with Gasteiger partial charge in [-0.05, 0) is 93.0 Å². The van der Waals surface area contributed by atoms with Crippen LogP contribution < -0.4 is 10.6 Å². The number of alkyl halides is 3. The molecule has 3 heterocycles. The van der Waals surface area contributed by atoms with Gasteiger partial charge in [-0.1, -0.05) is 12.1 Å². The predicted molar refractivity (Wildman–Crippen MR) is 158 cm³/mol. The molecule has 0 atom stereocenters. The zero-order valence-electron chi connectivity index (χ0n) is 24.9. The highest BCUT2D eigenvalue weighted by atomic mass is 32.2. The van der Waals surface area contributed by atoms with Crippen LogP contribution in [0.15, 0.2) is 22.5 Å². The molecular formula is C30H38F3N5O5S. The zero-order valence-corrected chi connectivity index (χ0v) is 25.7. The Morgan fingerprint density at radius 1 is 1.05 bits per heavy atom. The number of carbonyl (C=O) groups excluding carboxylic acids is 3. The number of rotatable bonds is 8. The molecule has 2 N–H and O–H groups in total. The number of benzene rings is 1. The van der Waals surface area contributed by atoms with Crippen molar-refractivity contribution in [1.29, 1.82) is 0 Å². The normalized spacial score (nSPS) is 24.7. The van der Waals surface area contributed by atoms with Crippen LogP contribution >= 0.6 is 0 Å². The molecule has 14 heteroatoms. The molecule has 1 aromatic rings. The summed E-state index contributed by atoms with van der Waals surface area (Å²) in [6, 6.07) is 3.21. The Bertz CT molecular complexity index is 1450. The molecule has 240 valence electrons. The molecule has 0 radical (unpaired) electrons. The van der Waals surface area contributed by atoms with Crippen molar-refractivity contribution in [3.63, 3.8) is 0 Å². The number of sulfonamides is 1. The minimum atomic E-state index is -4.15. The summed E-state index contributed by atoms with van der Waals surface area (Å²) >= 11 is 0. The van der Waals surface area contributed by atoms with Crippen molar-refractivity contribution in [2.45, 2.75) is 83.5 Å². The third-order valence-electron chi connectivity index (χ3n) is 9.32. The lowest BCUT2D eigenvalue weighted by Gasteiger charge is -2.34. The second-order valence-corrected chi connectivity index (χ2v) is 14.2. The van der Waals surface area contributed by atoms with E-state index in [1.165, 1.54) is 4.31 Å². The van der Waals surface area contributed by atoms with Crippen molar-refractivity contribution < 1.29 is 36.0 Å². The topological polar surface area (TPSA) is 128 Å². The first-order chi connectivity index (χ1) is 20.7. The van der Waals surface area contributed by atoms with Crippen molar-refractivity contribution in [2.24, 2.45) is 16.8 Å². The van der Waals surface area contributed by atoms with Crippen molar-refractivity contribution in [2.75, 3.05) is 19.6 Å². The quantitative estimate of drug-likeness (QED) is 0.414. The molecule has 3 fully saturated rings. The number of aryl methyl sites for hydroxylation is 2. The number of amidine groups is 1. The molecule has 2 saturated heterocycles. The fourth-order valence-electron chi connectivity index (χ4n) is 6.73. The Kier molecular flexibility index (Phi) is 8.96. The van der Waals surface area contributed by atoms with Crippen LogP contribution in [0.3, 0.4) is 0 Å². The number of urea groups is 1. The van der Waals surface area contributed by atoms with E-state index < -0.39 is 34.2 Å². The van der Waals surface area contributed by atoms with Crippen LogP contribution in [0.5, 0.6) is 0 Å². The molecule has 0 bridgehead atoms. The molecule has 5 rings (SSSR count). The molecule has 1 spiro atoms. The standard InChI is InChI=1S/C30H38F3N5O5S/c1-19-15-22(18-38-25(39)17-34-28(38)41)16-20(2)24(19)8-14-44(42,43)37-12-10-29(11-13-37)27(40)35-26(36-29)23-5-3-21(4-6-23)7-9-30(31,32)33/h8,14-16,21,23H,3-7,9-13,17-18H2,1-2H3,(H,34,41)(H,35,36,40). The number of nitrogens with zero attached hydrogens (tertiary/aromatic N) is 3. The number of hydrogen-bond donors (Lipinski definition) is 2. The highest BCUT2D eigenvalue weighted by Gasteiger charge is 2.48. The van der Waals surface area contributed by atoms with E-state index in [1.807, 2.05) is 26.0 Å². The molecule has 1 saturated carbocycles. The Balaban J connectivity index is 1.18. The molecule has 1 aliphatic carbocycles. The number of hydrogen-bond acceptors (Lipinski definition) is 6. The van der Waals surface area contributed by atoms with E-state index in [1.54, 1.807) is 6.08 Å². The average molecular weight is 638 g/mol. The Hall–Kier alpha value is -3.26. The number of aliphatic imine (C=N–C) groups is 1. The summed E-state index contributed by atoms with van der Waals surface area (Å²) in [5.41, 5.74) is 2.07. The van der Waals surface area contributed by atoms with Gasteiger partial charge in [-0.25, -0.2) is 13.2 Å². The van der Waals surface area contributed by atoms with Crippen LogP contribution in [0.2, 0.25) is 0 Å². The lowest BCUT2D eigenvalue weighted by atomic mass is 9.79. The average Bonchev–Trinajstić information content (AvgIpc) is 3.44. The van der Waals surface area contributed by atoms with Crippen LogP contribution in [-0.2, 0) is 26.2 Å². The van der Waals surface area contributed by atoms with E-state index in [0.29, 0.717) is 31.5 Å². The van der Waals surface area contributed by atoms with Crippen LogP contribution in [0.4, 0.5) is 18.0 Å². The van der Waals surface area contributed by atoms with Gasteiger partial charge in [-0.15, -0.1) is 0 Å². The number of piperidine rings is 1. The summed E-state index contributed by atoms with van der Waals surface area (Å²) in [6.07, 6.45) is -0.0788. The number of carbonyl (C=O) groups is 3. The summed E-state index contributed by atoms with van der Waals surface area (Å²) in [5, 5.41) is 6.56. The molecule has 4 amide bonds. The van der Waals surface area contributed by atoms with Crippen molar-refractivity contribution >= 4 is 39.8 Å². The number of halogens is 3. The van der Waals surface area contributed by atoms with Gasteiger partial charge in [0.2, 0.25) is 15.9 Å². The number of nitrogens with one attached hydrogen (secondary N) is 2. The Labute approximate surface area is 255 Å². The first kappa shape index (κ1) is 32.1. The van der Waals surface area contributed by atoms with E-state index >= 15 is 0 Å². The van der Waals surface area contributed by atoms with Crippen molar-refractivity contribution in [3.8, 4) is 0 Å². The van der Waals surface area contributed by atoms with E-state index in [4.69, 9.17) is 4.99 Å². The molecule has 1 aromatic carbocycles. The van der Waals surface area contributed by atoms with Crippen LogP contribution in [-0.4, -0.2) is 72.7 Å². The number of imide groups is 1. The lowest BCUT2D eigenvalue weighted by molar-refractivity contribution is -0.138. The zero-order chi connectivity index (χ0) is 31.9. The Morgan fingerprint density at radius 3 is 2.25 bits per heavy atom. The third-order valence-corrected chi connectivity index (χ3v) is 10.9. The molecule has 4 aliphatic rings. The minimum absolute atomic E-state index is 0.00369. The minimum Gasteiger partial charge on any atom is -0.329 e. The summed E-state index contributed by atoms with van der Waals surface area (Å²) in [6.45, 7) is 4.04.